The van der Waals surface area contributed by atoms with Crippen molar-refractivity contribution in [3.8, 4) is 0 Å². The summed E-state index contributed by atoms with van der Waals surface area (Å²) in [5.41, 5.74) is 1.08. The van der Waals surface area contributed by atoms with Crippen LogP contribution in [0.4, 0.5) is 0 Å². The van der Waals surface area contributed by atoms with Gasteiger partial charge in [-0.25, -0.2) is 4.99 Å². The van der Waals surface area contributed by atoms with Crippen molar-refractivity contribution >= 4 is 29.9 Å². The van der Waals surface area contributed by atoms with Gasteiger partial charge in [0.05, 0.1) is 12.2 Å². The van der Waals surface area contributed by atoms with Gasteiger partial charge in [-0.15, -0.1) is 24.0 Å². The first kappa shape index (κ1) is 22.2. The lowest BCUT2D eigenvalue weighted by molar-refractivity contribution is 0.243. The number of aromatic nitrogens is 2. The lowest BCUT2D eigenvalue weighted by Gasteiger charge is -2.20. The molecule has 0 spiro atoms. The van der Waals surface area contributed by atoms with Crippen LogP contribution in [0.5, 0.6) is 0 Å². The molecule has 1 aromatic rings. The number of guanidine groups is 1. The van der Waals surface area contributed by atoms with Gasteiger partial charge >= 0.3 is 0 Å². The molecule has 0 saturated heterocycles. The molecule has 0 fully saturated rings. The minimum absolute atomic E-state index is 0. The van der Waals surface area contributed by atoms with E-state index in [4.69, 9.17) is 0 Å². The first-order valence-electron chi connectivity index (χ1n) is 8.16. The summed E-state index contributed by atoms with van der Waals surface area (Å²) in [4.78, 5) is 4.60. The Morgan fingerprint density at radius 2 is 2.13 bits per heavy atom. The van der Waals surface area contributed by atoms with Gasteiger partial charge in [0.15, 0.2) is 5.96 Å². The van der Waals surface area contributed by atoms with Gasteiger partial charge in [0.1, 0.15) is 0 Å². The minimum Gasteiger partial charge on any atom is -0.396 e. The fourth-order valence-corrected chi connectivity index (χ4v) is 2.45. The van der Waals surface area contributed by atoms with E-state index >= 15 is 0 Å². The normalized spacial score (nSPS) is 12.9. The second-order valence-electron chi connectivity index (χ2n) is 6.03. The van der Waals surface area contributed by atoms with Crippen molar-refractivity contribution in [1.29, 1.82) is 0 Å². The molecule has 1 atom stereocenters. The van der Waals surface area contributed by atoms with Gasteiger partial charge in [0.2, 0.25) is 0 Å². The predicted molar refractivity (Wildman–Crippen MR) is 106 cm³/mol. The van der Waals surface area contributed by atoms with Crippen molar-refractivity contribution in [2.75, 3.05) is 19.7 Å². The van der Waals surface area contributed by atoms with E-state index in [1.165, 1.54) is 0 Å². The molecule has 1 aromatic heterocycles. The zero-order chi connectivity index (χ0) is 16.4. The van der Waals surface area contributed by atoms with E-state index in [2.05, 4.69) is 41.5 Å². The van der Waals surface area contributed by atoms with E-state index in [0.29, 0.717) is 18.4 Å². The molecular weight excluding hydrogens is 405 g/mol. The van der Waals surface area contributed by atoms with Crippen LogP contribution in [0.15, 0.2) is 17.3 Å². The van der Waals surface area contributed by atoms with Crippen molar-refractivity contribution < 1.29 is 5.11 Å². The van der Waals surface area contributed by atoms with Crippen LogP contribution in [-0.2, 0) is 13.6 Å². The molecule has 6 nitrogen and oxygen atoms in total. The van der Waals surface area contributed by atoms with Gasteiger partial charge in [-0.1, -0.05) is 13.8 Å². The fourth-order valence-electron chi connectivity index (χ4n) is 2.45. The molecule has 0 aliphatic carbocycles. The molecular formula is C16H32IN5O. The van der Waals surface area contributed by atoms with Gasteiger partial charge in [0, 0.05) is 32.9 Å². The number of aryl methyl sites for hydroxylation is 1. The van der Waals surface area contributed by atoms with Crippen LogP contribution < -0.4 is 10.6 Å². The molecule has 0 aliphatic rings. The van der Waals surface area contributed by atoms with Crippen molar-refractivity contribution in [1.82, 2.24) is 20.4 Å². The topological polar surface area (TPSA) is 74.5 Å². The Bertz CT molecular complexity index is 447. The molecule has 3 N–H and O–H groups in total. The lowest BCUT2D eigenvalue weighted by atomic mass is 9.94. The van der Waals surface area contributed by atoms with Crippen LogP contribution in [0.3, 0.4) is 0 Å². The summed E-state index contributed by atoms with van der Waals surface area (Å²) in [7, 11) is 1.92. The first-order valence-corrected chi connectivity index (χ1v) is 8.16. The summed E-state index contributed by atoms with van der Waals surface area (Å²) in [6, 6.07) is 1.97. The average molecular weight is 437 g/mol. The number of hydrogen-bond acceptors (Lipinski definition) is 3. The number of nitrogens with one attached hydrogen (secondary N) is 2. The van der Waals surface area contributed by atoms with E-state index in [1.54, 1.807) is 6.20 Å². The average Bonchev–Trinajstić information content (AvgIpc) is 2.87. The van der Waals surface area contributed by atoms with Crippen LogP contribution in [0.25, 0.3) is 0 Å². The monoisotopic (exact) mass is 437 g/mol. The van der Waals surface area contributed by atoms with Crippen LogP contribution in [0.2, 0.25) is 0 Å². The molecule has 0 amide bonds. The Morgan fingerprint density at radius 3 is 2.65 bits per heavy atom. The van der Waals surface area contributed by atoms with Crippen molar-refractivity contribution in [2.45, 2.75) is 40.2 Å². The summed E-state index contributed by atoms with van der Waals surface area (Å²) >= 11 is 0. The molecule has 7 heteroatoms. The highest BCUT2D eigenvalue weighted by atomic mass is 127. The number of nitrogens with zero attached hydrogens (tertiary/aromatic N) is 3. The largest absolute Gasteiger partial charge is 0.396 e. The molecule has 0 aromatic carbocycles. The van der Waals surface area contributed by atoms with Crippen molar-refractivity contribution in [2.24, 2.45) is 23.9 Å². The number of hydrogen-bond donors (Lipinski definition) is 3. The summed E-state index contributed by atoms with van der Waals surface area (Å²) in [6.07, 6.45) is 3.71. The maximum absolute atomic E-state index is 9.19. The Kier molecular flexibility index (Phi) is 12.1. The second kappa shape index (κ2) is 12.6. The summed E-state index contributed by atoms with van der Waals surface area (Å²) in [5.74, 6) is 1.91. The smallest absolute Gasteiger partial charge is 0.191 e. The van der Waals surface area contributed by atoms with Crippen LogP contribution in [0.1, 0.15) is 39.3 Å². The molecule has 1 rings (SSSR count). The van der Waals surface area contributed by atoms with Gasteiger partial charge in [-0.05, 0) is 37.7 Å². The standard InChI is InChI=1S/C16H31N5O.HI/c1-5-17-16(19-12-15-6-8-20-21(15)4)18-11-14(7-9-22)10-13(2)3;/h6,8,13-14,22H,5,7,9-12H2,1-4H3,(H2,17,18,19);1H. The zero-order valence-corrected chi connectivity index (χ0v) is 17.1. The second-order valence-corrected chi connectivity index (χ2v) is 6.03. The molecule has 0 bridgehead atoms. The molecule has 0 saturated carbocycles. The summed E-state index contributed by atoms with van der Waals surface area (Å²) < 4.78 is 1.83. The highest BCUT2D eigenvalue weighted by Gasteiger charge is 2.11. The molecule has 1 unspecified atom stereocenters. The van der Waals surface area contributed by atoms with Crippen LogP contribution >= 0.6 is 24.0 Å². The minimum atomic E-state index is 0. The molecule has 0 aliphatic heterocycles. The number of halogens is 1. The van der Waals surface area contributed by atoms with E-state index in [-0.39, 0.29) is 30.6 Å². The predicted octanol–water partition coefficient (Wildman–Crippen LogP) is 2.14. The third-order valence-corrected chi connectivity index (χ3v) is 3.57. The van der Waals surface area contributed by atoms with Crippen LogP contribution in [-0.4, -0.2) is 40.5 Å². The molecule has 134 valence electrons. The Balaban J connectivity index is 0.00000484. The van der Waals surface area contributed by atoms with Gasteiger partial charge in [-0.3, -0.25) is 4.68 Å². The fraction of sp³-hybridized carbons (Fsp3) is 0.750. The highest BCUT2D eigenvalue weighted by Crippen LogP contribution is 2.14. The number of aliphatic hydroxyl groups is 1. The van der Waals surface area contributed by atoms with E-state index in [9.17, 15) is 5.11 Å². The van der Waals surface area contributed by atoms with Gasteiger partial charge < -0.3 is 15.7 Å². The Hall–Kier alpha value is -0.830. The third kappa shape index (κ3) is 9.14. The Labute approximate surface area is 157 Å². The molecule has 0 radical (unpaired) electrons. The lowest BCUT2D eigenvalue weighted by Crippen LogP contribution is -2.40. The van der Waals surface area contributed by atoms with Gasteiger partial charge in [-0.2, -0.15) is 5.10 Å². The Morgan fingerprint density at radius 1 is 1.39 bits per heavy atom. The maximum Gasteiger partial charge on any atom is 0.191 e. The SMILES string of the molecule is CCNC(=NCc1ccnn1C)NCC(CCO)CC(C)C.I. The molecule has 23 heavy (non-hydrogen) atoms. The first-order chi connectivity index (χ1) is 10.6. The summed E-state index contributed by atoms with van der Waals surface area (Å²) in [6.45, 7) is 8.98. The number of rotatable bonds is 9. The van der Waals surface area contributed by atoms with Crippen molar-refractivity contribution in [3.63, 3.8) is 0 Å². The summed E-state index contributed by atoms with van der Waals surface area (Å²) in [5, 5.41) is 20.0. The van der Waals surface area contributed by atoms with E-state index in [0.717, 1.165) is 37.6 Å². The quantitative estimate of drug-likeness (QED) is 0.315. The third-order valence-electron chi connectivity index (χ3n) is 3.57. The molecule has 1 heterocycles. The zero-order valence-electron chi connectivity index (χ0n) is 14.7. The highest BCUT2D eigenvalue weighted by molar-refractivity contribution is 14.0. The van der Waals surface area contributed by atoms with Crippen molar-refractivity contribution in [3.05, 3.63) is 18.0 Å². The van der Waals surface area contributed by atoms with E-state index in [1.807, 2.05) is 17.8 Å². The number of aliphatic imine (C=N–C) groups is 1. The van der Waals surface area contributed by atoms with Crippen LogP contribution in [0, 0.1) is 11.8 Å². The van der Waals surface area contributed by atoms with E-state index < -0.39 is 0 Å². The maximum atomic E-state index is 9.19. The van der Waals surface area contributed by atoms with Gasteiger partial charge in [0.25, 0.3) is 0 Å². The number of aliphatic hydroxyl groups excluding tert-OH is 1.